The van der Waals surface area contributed by atoms with E-state index in [2.05, 4.69) is 29.0 Å². The molecule has 0 unspecified atom stereocenters. The van der Waals surface area contributed by atoms with Crippen molar-refractivity contribution in [2.75, 3.05) is 42.3 Å². The Morgan fingerprint density at radius 2 is 0.525 bits per heavy atom. The number of hydrogen-bond donors (Lipinski definition) is 6. The van der Waals surface area contributed by atoms with Gasteiger partial charge in [0.1, 0.15) is 0 Å². The van der Waals surface area contributed by atoms with Crippen LogP contribution in [0.3, 0.4) is 0 Å². The molecule has 364 valence electrons. The van der Waals surface area contributed by atoms with Crippen LogP contribution in [0.2, 0.25) is 0 Å². The van der Waals surface area contributed by atoms with Gasteiger partial charge in [0, 0.05) is 18.1 Å². The van der Waals surface area contributed by atoms with Crippen LogP contribution >= 0.6 is 15.6 Å². The number of phosphoric acid groups is 2. The Hall–Kier alpha value is -1.26. The Morgan fingerprint density at radius 1 is 0.410 bits per heavy atom. The van der Waals surface area contributed by atoms with Crippen LogP contribution in [0.25, 0.3) is 0 Å². The van der Waals surface area contributed by atoms with E-state index < -0.39 is 69.2 Å². The van der Waals surface area contributed by atoms with E-state index in [1.165, 1.54) is 0 Å². The minimum Gasteiger partial charge on any atom is -0.822 e. The second kappa shape index (κ2) is 33.3. The van der Waals surface area contributed by atoms with Gasteiger partial charge in [0.15, 0.2) is 17.8 Å². The van der Waals surface area contributed by atoms with Crippen molar-refractivity contribution in [3.8, 4) is 0 Å². The van der Waals surface area contributed by atoms with E-state index in [1.807, 2.05) is 57.0 Å². The van der Waals surface area contributed by atoms with Crippen molar-refractivity contribution in [1.82, 2.24) is 14.7 Å². The summed E-state index contributed by atoms with van der Waals surface area (Å²) in [4.78, 5) is 150. The molecule has 0 saturated heterocycles. The number of hydrogen-bond acceptors (Lipinski definition) is 29. The predicted octanol–water partition coefficient (Wildman–Crippen LogP) is -9.33. The van der Waals surface area contributed by atoms with Crippen LogP contribution in [-0.4, -0.2) is 111 Å². The Kier molecular flexibility index (Phi) is 37.5. The van der Waals surface area contributed by atoms with Gasteiger partial charge < -0.3 is 82.2 Å². The van der Waals surface area contributed by atoms with E-state index in [4.69, 9.17) is 73.9 Å². The van der Waals surface area contributed by atoms with Crippen molar-refractivity contribution in [1.29, 1.82) is 0 Å². The third-order valence-corrected chi connectivity index (χ3v) is 9.27. The molecule has 0 radical (unpaired) electrons. The molecule has 12 N–H and O–H groups in total. The Morgan fingerprint density at radius 3 is 0.607 bits per heavy atom. The van der Waals surface area contributed by atoms with Crippen LogP contribution < -0.4 is 64.7 Å². The number of nitrogens with two attached hydrogens (primary N) is 6. The Labute approximate surface area is 393 Å². The molecule has 0 bridgehead atoms. The van der Waals surface area contributed by atoms with Crippen molar-refractivity contribution in [2.45, 2.75) is 56.7 Å². The van der Waals surface area contributed by atoms with Gasteiger partial charge in [-0.1, -0.05) is 0 Å². The number of carbonyl (C=O) groups excluding carboxylic acids is 6. The number of nitrogens with zero attached hydrogens (tertiary/aromatic N) is 3. The van der Waals surface area contributed by atoms with Crippen molar-refractivity contribution < 1.29 is 159 Å². The van der Waals surface area contributed by atoms with Crippen LogP contribution in [0.4, 0.5) is 0 Å². The molecule has 3 fully saturated rings. The quantitative estimate of drug-likeness (QED) is 0.0600. The fourth-order valence-corrected chi connectivity index (χ4v) is 5.85. The summed E-state index contributed by atoms with van der Waals surface area (Å²) in [5, 5.41) is 0. The van der Waals surface area contributed by atoms with Gasteiger partial charge in [-0.25, -0.2) is 28.8 Å². The predicted molar refractivity (Wildman–Crippen MR) is 178 cm³/mol. The van der Waals surface area contributed by atoms with Crippen molar-refractivity contribution in [2.24, 2.45) is 70.9 Å². The molecule has 0 spiro atoms. The van der Waals surface area contributed by atoms with Crippen LogP contribution in [0.1, 0.15) is 38.5 Å². The zero-order chi connectivity index (χ0) is 45.9. The molecule has 0 aliphatic heterocycles. The first-order chi connectivity index (χ1) is 26.5. The largest absolute Gasteiger partial charge is 2.00 e. The van der Waals surface area contributed by atoms with Gasteiger partial charge in [-0.05, 0) is 98.6 Å². The molecule has 0 heterocycles. The van der Waals surface area contributed by atoms with Gasteiger partial charge in [0.25, 0.3) is 0 Å². The first kappa shape index (κ1) is 68.8. The molecule has 3 aliphatic carbocycles. The summed E-state index contributed by atoms with van der Waals surface area (Å²) in [6, 6.07) is 1.09. The fraction of sp³-hybridized carbons (Fsp3) is 0.778. The Bertz CT molecular complexity index is 1220. The molecule has 0 aromatic rings. The summed E-state index contributed by atoms with van der Waals surface area (Å²) in [5.74, 6) is 20.5. The zero-order valence-electron chi connectivity index (χ0n) is 33.3. The van der Waals surface area contributed by atoms with Gasteiger partial charge in [0.2, 0.25) is 0 Å². The van der Waals surface area contributed by atoms with Crippen molar-refractivity contribution >= 4 is 51.5 Å². The molecule has 0 aromatic heterocycles. The van der Waals surface area contributed by atoms with Gasteiger partial charge in [-0.3, -0.25) is 0 Å². The summed E-state index contributed by atoms with van der Waals surface area (Å²) in [6.45, 7) is 0. The maximum absolute atomic E-state index is 11.3. The standard InChI is InChI=1S/3C9H17N3O4.2H3O4P.3Pt/c3*1-12(2)6-3-5(4-6)7(8(13)15-10)9(14)16-11;2*1-5(2,3)4;;;/h3*5-7H,3-4,10-11H2,1-2H3;2*(H3,1,2,3,4);;;/q;;;;;3*+2/p-6/t3*5-,6+;;;;;. The topological polar surface area (TPSA) is 496 Å². The zero-order valence-corrected chi connectivity index (χ0v) is 41.9. The van der Waals surface area contributed by atoms with E-state index in [1.54, 1.807) is 0 Å². The monoisotopic (exact) mass is 1470 g/mol. The molecule has 34 heteroatoms. The summed E-state index contributed by atoms with van der Waals surface area (Å²) in [5.41, 5.74) is 0. The van der Waals surface area contributed by atoms with Crippen LogP contribution in [0.5, 0.6) is 0 Å². The fourth-order valence-electron chi connectivity index (χ4n) is 5.85. The second-order valence-corrected chi connectivity index (χ2v) is 15.3. The van der Waals surface area contributed by atoms with Crippen LogP contribution in [0.15, 0.2) is 0 Å². The minimum absolute atomic E-state index is 0. The Balaban J connectivity index is -0.000000226. The summed E-state index contributed by atoms with van der Waals surface area (Å²) >= 11 is 0. The third kappa shape index (κ3) is 27.6. The molecule has 29 nitrogen and oxygen atoms in total. The number of carbonyl (C=O) groups is 6. The van der Waals surface area contributed by atoms with Crippen LogP contribution in [0, 0.1) is 35.5 Å². The normalized spacial score (nSPS) is 20.9. The SMILES string of the molecule is CN(C)[C@H]1C[C@@H](C(C(=O)ON)C(=O)ON)C1.CN(C)[C@H]1C[C@@H](C(C(=O)ON)C(=O)ON)C1.CN(C)[C@H]1C[C@@H](C(C(=O)ON)C(=O)ON)C1.O=P([O-])([O-])[O-].O=P([O-])([O-])[O-].[Pt+2].[Pt+2].[Pt+2]. The van der Waals surface area contributed by atoms with Crippen molar-refractivity contribution in [3.63, 3.8) is 0 Å². The molecule has 61 heavy (non-hydrogen) atoms. The van der Waals surface area contributed by atoms with E-state index in [9.17, 15) is 28.8 Å². The molecular weight excluding hydrogens is 1420 g/mol. The molecule has 3 rings (SSSR count). The molecule has 0 aromatic carbocycles. The molecule has 3 saturated carbocycles. The maximum atomic E-state index is 11.3. The third-order valence-electron chi connectivity index (χ3n) is 9.27. The maximum Gasteiger partial charge on any atom is 2.00 e. The first-order valence-electron chi connectivity index (χ1n) is 16.4. The molecule has 0 amide bonds. The summed E-state index contributed by atoms with van der Waals surface area (Å²) in [7, 11) is 0.879. The first-order valence-corrected chi connectivity index (χ1v) is 19.3. The summed E-state index contributed by atoms with van der Waals surface area (Å²) < 4.78 is 17.1. The van der Waals surface area contributed by atoms with E-state index in [0.717, 1.165) is 38.5 Å². The number of rotatable bonds is 12. The summed E-state index contributed by atoms with van der Waals surface area (Å²) in [6.07, 6.45) is 4.34. The van der Waals surface area contributed by atoms with E-state index >= 15 is 0 Å². The molecule has 3 aliphatic rings. The van der Waals surface area contributed by atoms with Crippen molar-refractivity contribution in [3.05, 3.63) is 0 Å². The molecule has 0 atom stereocenters. The minimum atomic E-state index is -5.39. The van der Waals surface area contributed by atoms with Gasteiger partial charge in [0.05, 0.1) is 0 Å². The smallest absolute Gasteiger partial charge is 0.822 e. The van der Waals surface area contributed by atoms with Gasteiger partial charge >= 0.3 is 99.0 Å². The van der Waals surface area contributed by atoms with E-state index in [0.29, 0.717) is 18.1 Å². The van der Waals surface area contributed by atoms with Gasteiger partial charge in [-0.15, -0.1) is 0 Å². The van der Waals surface area contributed by atoms with Gasteiger partial charge in [-0.2, -0.15) is 51.0 Å². The second-order valence-electron chi connectivity index (χ2n) is 13.5. The van der Waals surface area contributed by atoms with E-state index in [-0.39, 0.29) is 80.9 Å². The molecular formula is C27H51N9O20P2Pt3. The van der Waals surface area contributed by atoms with Crippen LogP contribution in [-0.2, 0) is 130 Å². The average molecular weight is 1470 g/mol. The average Bonchev–Trinajstić information content (AvgIpc) is 3.05.